The SMILES string of the molecule is CCc1cc2occ(C(C)C)c(=O)c2[nH]c1=O. The molecule has 0 unspecified atom stereocenters. The number of aromatic nitrogens is 1. The standard InChI is InChI=1S/C13H15NO3/c1-4-8-5-10-11(14-13(8)16)12(15)9(6-17-10)7(2)3/h5-7H,4H2,1-3H3,(H,14,16). The van der Waals surface area contributed by atoms with Gasteiger partial charge in [-0.1, -0.05) is 20.8 Å². The maximum Gasteiger partial charge on any atom is 0.251 e. The number of rotatable bonds is 2. The zero-order chi connectivity index (χ0) is 12.6. The van der Waals surface area contributed by atoms with Gasteiger partial charge in [0.2, 0.25) is 5.43 Å². The van der Waals surface area contributed by atoms with Crippen molar-refractivity contribution < 1.29 is 4.42 Å². The van der Waals surface area contributed by atoms with Crippen LogP contribution in [0.4, 0.5) is 0 Å². The monoisotopic (exact) mass is 233 g/mol. The molecule has 90 valence electrons. The molecule has 0 atom stereocenters. The molecule has 17 heavy (non-hydrogen) atoms. The fourth-order valence-corrected chi connectivity index (χ4v) is 1.80. The Hall–Kier alpha value is -1.84. The highest BCUT2D eigenvalue weighted by Crippen LogP contribution is 2.14. The predicted octanol–water partition coefficient (Wildman–Crippen LogP) is 2.17. The highest BCUT2D eigenvalue weighted by molar-refractivity contribution is 5.72. The van der Waals surface area contributed by atoms with E-state index in [1.807, 2.05) is 20.8 Å². The molecule has 2 aromatic rings. The number of nitrogens with one attached hydrogen (secondary N) is 1. The lowest BCUT2D eigenvalue weighted by atomic mass is 10.1. The molecule has 0 fully saturated rings. The van der Waals surface area contributed by atoms with Gasteiger partial charge in [-0.25, -0.2) is 0 Å². The molecule has 2 aromatic heterocycles. The zero-order valence-corrected chi connectivity index (χ0v) is 10.2. The van der Waals surface area contributed by atoms with Crippen LogP contribution in [0.1, 0.15) is 37.8 Å². The van der Waals surface area contributed by atoms with Crippen LogP contribution in [-0.4, -0.2) is 4.98 Å². The summed E-state index contributed by atoms with van der Waals surface area (Å²) in [6.45, 7) is 5.71. The van der Waals surface area contributed by atoms with Crippen LogP contribution in [0.5, 0.6) is 0 Å². The van der Waals surface area contributed by atoms with Crippen LogP contribution in [0.25, 0.3) is 11.1 Å². The molecule has 0 aliphatic carbocycles. The van der Waals surface area contributed by atoms with Gasteiger partial charge < -0.3 is 9.40 Å². The van der Waals surface area contributed by atoms with E-state index in [1.54, 1.807) is 6.07 Å². The van der Waals surface area contributed by atoms with E-state index in [2.05, 4.69) is 4.98 Å². The van der Waals surface area contributed by atoms with Crippen LogP contribution >= 0.6 is 0 Å². The Bertz CT molecular complexity index is 664. The van der Waals surface area contributed by atoms with Gasteiger partial charge in [0.25, 0.3) is 5.56 Å². The van der Waals surface area contributed by atoms with E-state index in [9.17, 15) is 9.59 Å². The van der Waals surface area contributed by atoms with E-state index >= 15 is 0 Å². The summed E-state index contributed by atoms with van der Waals surface area (Å²) >= 11 is 0. The first-order chi connectivity index (χ1) is 8.04. The lowest BCUT2D eigenvalue weighted by Gasteiger charge is -2.05. The summed E-state index contributed by atoms with van der Waals surface area (Å²) in [5, 5.41) is 0. The fraction of sp³-hybridized carbons (Fsp3) is 0.385. The van der Waals surface area contributed by atoms with E-state index in [1.165, 1.54) is 6.26 Å². The van der Waals surface area contributed by atoms with Gasteiger partial charge in [-0.3, -0.25) is 9.59 Å². The minimum Gasteiger partial charge on any atom is -0.462 e. The van der Waals surface area contributed by atoms with Crippen molar-refractivity contribution >= 4 is 11.1 Å². The predicted molar refractivity (Wildman–Crippen MR) is 66.6 cm³/mol. The first-order valence-corrected chi connectivity index (χ1v) is 5.72. The molecule has 0 spiro atoms. The molecular weight excluding hydrogens is 218 g/mol. The number of aromatic amines is 1. The van der Waals surface area contributed by atoms with Gasteiger partial charge in [-0.2, -0.15) is 0 Å². The number of hydrogen-bond donors (Lipinski definition) is 1. The van der Waals surface area contributed by atoms with Crippen LogP contribution in [0, 0.1) is 0 Å². The summed E-state index contributed by atoms with van der Waals surface area (Å²) in [7, 11) is 0. The Morgan fingerprint density at radius 2 is 2.06 bits per heavy atom. The van der Waals surface area contributed by atoms with Gasteiger partial charge in [-0.15, -0.1) is 0 Å². The molecular formula is C13H15NO3. The third-order valence-corrected chi connectivity index (χ3v) is 2.89. The van der Waals surface area contributed by atoms with Crippen LogP contribution in [0.3, 0.4) is 0 Å². The summed E-state index contributed by atoms with van der Waals surface area (Å²) < 4.78 is 5.41. The van der Waals surface area contributed by atoms with Crippen molar-refractivity contribution in [2.24, 2.45) is 0 Å². The topological polar surface area (TPSA) is 63.1 Å². The molecule has 2 rings (SSSR count). The highest BCUT2D eigenvalue weighted by Gasteiger charge is 2.12. The first-order valence-electron chi connectivity index (χ1n) is 5.72. The Kier molecular flexibility index (Phi) is 2.88. The molecule has 0 aromatic carbocycles. The average molecular weight is 233 g/mol. The molecule has 0 bridgehead atoms. The third kappa shape index (κ3) is 1.90. The summed E-state index contributed by atoms with van der Waals surface area (Å²) in [6, 6.07) is 1.64. The minimum absolute atomic E-state index is 0.0741. The lowest BCUT2D eigenvalue weighted by molar-refractivity contribution is 0.583. The molecule has 0 aliphatic rings. The Labute approximate surface area is 98.3 Å². The number of H-pyrrole nitrogens is 1. The normalized spacial score (nSPS) is 11.3. The smallest absolute Gasteiger partial charge is 0.251 e. The van der Waals surface area contributed by atoms with Gasteiger partial charge >= 0.3 is 0 Å². The van der Waals surface area contributed by atoms with Gasteiger partial charge in [-0.05, 0) is 18.4 Å². The van der Waals surface area contributed by atoms with Gasteiger partial charge in [0.05, 0.1) is 6.26 Å². The lowest BCUT2D eigenvalue weighted by Crippen LogP contribution is -2.18. The Morgan fingerprint density at radius 3 is 2.65 bits per heavy atom. The maximum absolute atomic E-state index is 12.1. The molecule has 4 nitrogen and oxygen atoms in total. The van der Waals surface area contributed by atoms with E-state index < -0.39 is 0 Å². The number of pyridine rings is 1. The summed E-state index contributed by atoms with van der Waals surface area (Å²) in [5.41, 5.74) is 1.54. The second-order valence-corrected chi connectivity index (χ2v) is 4.39. The molecule has 2 heterocycles. The van der Waals surface area contributed by atoms with Crippen molar-refractivity contribution in [1.29, 1.82) is 0 Å². The average Bonchev–Trinajstić information content (AvgIpc) is 2.29. The molecule has 0 aliphatic heterocycles. The zero-order valence-electron chi connectivity index (χ0n) is 10.2. The second-order valence-electron chi connectivity index (χ2n) is 4.39. The third-order valence-electron chi connectivity index (χ3n) is 2.89. The minimum atomic E-state index is -0.215. The number of fused-ring (bicyclic) bond motifs is 1. The molecule has 0 saturated carbocycles. The van der Waals surface area contributed by atoms with Gasteiger partial charge in [0.1, 0.15) is 5.52 Å². The van der Waals surface area contributed by atoms with Crippen molar-refractivity contribution in [1.82, 2.24) is 4.98 Å². The van der Waals surface area contributed by atoms with E-state index in [-0.39, 0.29) is 22.4 Å². The van der Waals surface area contributed by atoms with Crippen LogP contribution < -0.4 is 11.0 Å². The van der Waals surface area contributed by atoms with E-state index in [0.29, 0.717) is 23.1 Å². The summed E-state index contributed by atoms with van der Waals surface area (Å²) in [6.07, 6.45) is 2.09. The van der Waals surface area contributed by atoms with Crippen molar-refractivity contribution in [2.45, 2.75) is 33.1 Å². The summed E-state index contributed by atoms with van der Waals surface area (Å²) in [4.78, 5) is 26.4. The van der Waals surface area contributed by atoms with Crippen LogP contribution in [0.2, 0.25) is 0 Å². The maximum atomic E-state index is 12.1. The Morgan fingerprint density at radius 1 is 1.35 bits per heavy atom. The van der Waals surface area contributed by atoms with Gasteiger partial charge in [0.15, 0.2) is 5.58 Å². The van der Waals surface area contributed by atoms with Crippen molar-refractivity contribution in [3.05, 3.63) is 44.0 Å². The number of aryl methyl sites for hydroxylation is 1. The Balaban J connectivity index is 2.84. The van der Waals surface area contributed by atoms with E-state index in [0.717, 1.165) is 0 Å². The van der Waals surface area contributed by atoms with Crippen molar-refractivity contribution in [3.8, 4) is 0 Å². The molecule has 0 saturated heterocycles. The first kappa shape index (κ1) is 11.6. The largest absolute Gasteiger partial charge is 0.462 e. The quantitative estimate of drug-likeness (QED) is 0.864. The second kappa shape index (κ2) is 4.20. The molecule has 0 amide bonds. The molecule has 0 radical (unpaired) electrons. The summed E-state index contributed by atoms with van der Waals surface area (Å²) in [5.74, 6) is 0.0741. The number of hydrogen-bond acceptors (Lipinski definition) is 3. The molecule has 1 N–H and O–H groups in total. The van der Waals surface area contributed by atoms with Crippen LogP contribution in [0.15, 0.2) is 26.3 Å². The van der Waals surface area contributed by atoms with Crippen LogP contribution in [-0.2, 0) is 6.42 Å². The van der Waals surface area contributed by atoms with Gasteiger partial charge in [0, 0.05) is 11.1 Å². The van der Waals surface area contributed by atoms with E-state index in [4.69, 9.17) is 4.42 Å². The fourth-order valence-electron chi connectivity index (χ4n) is 1.80. The highest BCUT2D eigenvalue weighted by atomic mass is 16.3. The van der Waals surface area contributed by atoms with Crippen molar-refractivity contribution in [2.75, 3.05) is 0 Å². The molecule has 4 heteroatoms. The van der Waals surface area contributed by atoms with Crippen molar-refractivity contribution in [3.63, 3.8) is 0 Å².